The number of morpholine rings is 1. The van der Waals surface area contributed by atoms with Gasteiger partial charge in [0.15, 0.2) is 0 Å². The van der Waals surface area contributed by atoms with Crippen molar-refractivity contribution in [2.24, 2.45) is 0 Å². The van der Waals surface area contributed by atoms with Gasteiger partial charge in [0.2, 0.25) is 5.91 Å². The van der Waals surface area contributed by atoms with Gasteiger partial charge in [-0.2, -0.15) is 0 Å². The van der Waals surface area contributed by atoms with E-state index in [1.807, 2.05) is 12.1 Å². The van der Waals surface area contributed by atoms with E-state index < -0.39 is 15.4 Å². The average molecular weight is 474 g/mol. The molecular weight excluding hydrogens is 442 g/mol. The van der Waals surface area contributed by atoms with Gasteiger partial charge >= 0.3 is 0 Å². The quantitative estimate of drug-likeness (QED) is 0.515. The second-order valence-corrected chi connectivity index (χ2v) is 10.2. The van der Waals surface area contributed by atoms with Crippen molar-refractivity contribution >= 4 is 21.6 Å². The molecule has 1 aliphatic heterocycles. The molecule has 0 aromatic heterocycles. The molecule has 1 aliphatic carbocycles. The highest BCUT2D eigenvalue weighted by Gasteiger charge is 2.51. The van der Waals surface area contributed by atoms with Crippen molar-refractivity contribution in [3.63, 3.8) is 0 Å². The molecule has 2 N–H and O–H groups in total. The summed E-state index contributed by atoms with van der Waals surface area (Å²) < 4.78 is 38.3. The maximum Gasteiger partial charge on any atom is 0.261 e. The van der Waals surface area contributed by atoms with Crippen LogP contribution in [-0.2, 0) is 25.0 Å². The van der Waals surface area contributed by atoms with Crippen LogP contribution >= 0.6 is 0 Å². The molecule has 1 saturated heterocycles. The van der Waals surface area contributed by atoms with E-state index in [4.69, 9.17) is 9.47 Å². The maximum absolute atomic E-state index is 12.9. The molecule has 0 unspecified atom stereocenters. The zero-order chi connectivity index (χ0) is 23.3. The number of rotatable bonds is 10. The first kappa shape index (κ1) is 23.5. The zero-order valence-electron chi connectivity index (χ0n) is 18.9. The van der Waals surface area contributed by atoms with Crippen LogP contribution in [-0.4, -0.2) is 65.7 Å². The third-order valence-corrected chi connectivity index (χ3v) is 7.68. The van der Waals surface area contributed by atoms with Crippen molar-refractivity contribution < 1.29 is 22.7 Å². The first-order valence-corrected chi connectivity index (χ1v) is 12.8. The minimum absolute atomic E-state index is 0.0519. The monoisotopic (exact) mass is 473 g/mol. The van der Waals surface area contributed by atoms with Crippen LogP contribution in [0.4, 0.5) is 5.69 Å². The van der Waals surface area contributed by atoms with Gasteiger partial charge in [0.1, 0.15) is 5.75 Å². The van der Waals surface area contributed by atoms with E-state index in [1.165, 1.54) is 19.2 Å². The highest BCUT2D eigenvalue weighted by molar-refractivity contribution is 7.92. The lowest BCUT2D eigenvalue weighted by Crippen LogP contribution is -2.39. The van der Waals surface area contributed by atoms with Crippen LogP contribution < -0.4 is 14.8 Å². The highest BCUT2D eigenvalue weighted by atomic mass is 32.2. The van der Waals surface area contributed by atoms with Crippen LogP contribution in [0.25, 0.3) is 0 Å². The van der Waals surface area contributed by atoms with Crippen LogP contribution in [0.15, 0.2) is 53.4 Å². The molecule has 8 nitrogen and oxygen atoms in total. The Kier molecular flexibility index (Phi) is 7.21. The van der Waals surface area contributed by atoms with Gasteiger partial charge in [-0.3, -0.25) is 14.4 Å². The molecule has 9 heteroatoms. The third-order valence-electron chi connectivity index (χ3n) is 6.28. The van der Waals surface area contributed by atoms with E-state index in [2.05, 4.69) is 14.9 Å². The minimum atomic E-state index is -3.71. The molecule has 4 rings (SSSR count). The summed E-state index contributed by atoms with van der Waals surface area (Å²) in [7, 11) is -2.18. The summed E-state index contributed by atoms with van der Waals surface area (Å²) in [5.74, 6) is 0.642. The van der Waals surface area contributed by atoms with Gasteiger partial charge in [0.05, 0.1) is 30.6 Å². The molecule has 1 heterocycles. The molecule has 1 saturated carbocycles. The van der Waals surface area contributed by atoms with E-state index in [1.54, 1.807) is 24.3 Å². The topological polar surface area (TPSA) is 97.0 Å². The number of carbonyl (C=O) groups excluding carboxylic acids is 1. The normalized spacial score (nSPS) is 17.8. The number of nitrogens with one attached hydrogen (secondary N) is 2. The van der Waals surface area contributed by atoms with Gasteiger partial charge in [-0.25, -0.2) is 8.42 Å². The van der Waals surface area contributed by atoms with Crippen LogP contribution in [0.3, 0.4) is 0 Å². The fourth-order valence-corrected chi connectivity index (χ4v) is 5.16. The zero-order valence-corrected chi connectivity index (χ0v) is 19.7. The highest BCUT2D eigenvalue weighted by Crippen LogP contribution is 2.48. The first-order valence-electron chi connectivity index (χ1n) is 11.3. The Labute approximate surface area is 195 Å². The average Bonchev–Trinajstić information content (AvgIpc) is 3.65. The van der Waals surface area contributed by atoms with Crippen molar-refractivity contribution in [3.8, 4) is 5.75 Å². The molecule has 0 radical (unpaired) electrons. The number of sulfonamides is 1. The smallest absolute Gasteiger partial charge is 0.261 e. The van der Waals surface area contributed by atoms with Crippen LogP contribution in [0.2, 0.25) is 0 Å². The Balaban J connectivity index is 1.31. The predicted octanol–water partition coefficient (Wildman–Crippen LogP) is 2.37. The molecule has 33 heavy (non-hydrogen) atoms. The standard InChI is InChI=1S/C24H31N3O5S/c1-31-21-7-9-22(10-8-21)33(29,30)26-20-5-3-19(4-6-20)24(11-12-24)23(28)25-13-2-14-27-15-17-32-18-16-27/h3-10,26H,2,11-18H2,1H3,(H,25,28). The van der Waals surface area contributed by atoms with Crippen LogP contribution in [0.1, 0.15) is 24.8 Å². The largest absolute Gasteiger partial charge is 0.497 e. The number of hydrogen-bond acceptors (Lipinski definition) is 6. The first-order chi connectivity index (χ1) is 15.9. The van der Waals surface area contributed by atoms with Crippen molar-refractivity contribution in [1.29, 1.82) is 0 Å². The van der Waals surface area contributed by atoms with Gasteiger partial charge in [-0.05, 0) is 67.8 Å². The fourth-order valence-electron chi connectivity index (χ4n) is 4.10. The van der Waals surface area contributed by atoms with Crippen LogP contribution in [0.5, 0.6) is 5.75 Å². The van der Waals surface area contributed by atoms with Crippen molar-refractivity contribution in [2.75, 3.05) is 51.2 Å². The summed E-state index contributed by atoms with van der Waals surface area (Å²) in [4.78, 5) is 15.4. The summed E-state index contributed by atoms with van der Waals surface area (Å²) in [6.45, 7) is 5.07. The molecule has 0 bridgehead atoms. The molecule has 0 atom stereocenters. The molecular formula is C24H31N3O5S. The molecule has 178 valence electrons. The molecule has 2 aromatic rings. The van der Waals surface area contributed by atoms with Gasteiger partial charge in [-0.1, -0.05) is 12.1 Å². The van der Waals surface area contributed by atoms with E-state index in [9.17, 15) is 13.2 Å². The SMILES string of the molecule is COc1ccc(S(=O)(=O)Nc2ccc(C3(C(=O)NCCCN4CCOCC4)CC3)cc2)cc1. The number of ether oxygens (including phenoxy) is 2. The Bertz CT molecular complexity index is 1040. The Morgan fingerprint density at radius 2 is 1.73 bits per heavy atom. The summed E-state index contributed by atoms with van der Waals surface area (Å²) >= 11 is 0. The van der Waals surface area contributed by atoms with Crippen LogP contribution in [0, 0.1) is 0 Å². The van der Waals surface area contributed by atoms with Gasteiger partial charge in [-0.15, -0.1) is 0 Å². The Morgan fingerprint density at radius 1 is 1.06 bits per heavy atom. The molecule has 1 amide bonds. The molecule has 2 aromatic carbocycles. The molecule has 2 aliphatic rings. The second-order valence-electron chi connectivity index (χ2n) is 8.50. The maximum atomic E-state index is 12.9. The Morgan fingerprint density at radius 3 is 2.33 bits per heavy atom. The summed E-state index contributed by atoms with van der Waals surface area (Å²) in [6, 6.07) is 13.3. The third kappa shape index (κ3) is 5.66. The van der Waals surface area contributed by atoms with E-state index >= 15 is 0 Å². The Hall–Kier alpha value is -2.62. The number of benzene rings is 2. The molecule has 2 fully saturated rings. The number of hydrogen-bond donors (Lipinski definition) is 2. The van der Waals surface area contributed by atoms with E-state index in [0.29, 0.717) is 18.0 Å². The lowest BCUT2D eigenvalue weighted by Gasteiger charge is -2.26. The van der Waals surface area contributed by atoms with Gasteiger partial charge in [0.25, 0.3) is 10.0 Å². The number of carbonyl (C=O) groups is 1. The summed E-state index contributed by atoms with van der Waals surface area (Å²) in [6.07, 6.45) is 2.52. The lowest BCUT2D eigenvalue weighted by atomic mass is 9.95. The van der Waals surface area contributed by atoms with Crippen molar-refractivity contribution in [1.82, 2.24) is 10.2 Å². The van der Waals surface area contributed by atoms with Crippen molar-refractivity contribution in [3.05, 3.63) is 54.1 Å². The number of amides is 1. The second kappa shape index (κ2) is 10.1. The number of anilines is 1. The van der Waals surface area contributed by atoms with Crippen molar-refractivity contribution in [2.45, 2.75) is 29.6 Å². The lowest BCUT2D eigenvalue weighted by molar-refractivity contribution is -0.123. The summed E-state index contributed by atoms with van der Waals surface area (Å²) in [5, 5.41) is 3.09. The molecule has 0 spiro atoms. The fraction of sp³-hybridized carbons (Fsp3) is 0.458. The number of methoxy groups -OCH3 is 1. The van der Waals surface area contributed by atoms with Gasteiger partial charge < -0.3 is 14.8 Å². The minimum Gasteiger partial charge on any atom is -0.497 e. The predicted molar refractivity (Wildman–Crippen MR) is 126 cm³/mol. The van der Waals surface area contributed by atoms with Gasteiger partial charge in [0, 0.05) is 25.3 Å². The van der Waals surface area contributed by atoms with E-state index in [0.717, 1.165) is 57.7 Å². The van der Waals surface area contributed by atoms with E-state index in [-0.39, 0.29) is 10.8 Å². The summed E-state index contributed by atoms with van der Waals surface area (Å²) in [5.41, 5.74) is 0.878. The number of nitrogens with zero attached hydrogens (tertiary/aromatic N) is 1.